The first kappa shape index (κ1) is 13.4. The molecule has 2 atom stereocenters. The van der Waals surface area contributed by atoms with Crippen LogP contribution in [0.15, 0.2) is 71.3 Å². The summed E-state index contributed by atoms with van der Waals surface area (Å²) in [6.07, 6.45) is 3.69. The van der Waals surface area contributed by atoms with Gasteiger partial charge in [0, 0.05) is 17.5 Å². The van der Waals surface area contributed by atoms with Crippen molar-refractivity contribution in [3.63, 3.8) is 0 Å². The van der Waals surface area contributed by atoms with Gasteiger partial charge in [0.2, 0.25) is 0 Å². The predicted octanol–water partition coefficient (Wildman–Crippen LogP) is 4.35. The lowest BCUT2D eigenvalue weighted by Gasteiger charge is -2.30. The van der Waals surface area contributed by atoms with Crippen molar-refractivity contribution in [1.82, 2.24) is 0 Å². The summed E-state index contributed by atoms with van der Waals surface area (Å²) in [5.41, 5.74) is 11.5. The Morgan fingerprint density at radius 2 is 1.86 bits per heavy atom. The molecule has 0 fully saturated rings. The van der Waals surface area contributed by atoms with Crippen LogP contribution in [0.4, 0.5) is 0 Å². The SMILES string of the molecule is N[C@H]1Cc2ccccc2[C@H](c2cccc(-c3ccco3)c2)C1. The molecule has 2 aromatic carbocycles. The largest absolute Gasteiger partial charge is 0.464 e. The first-order chi connectivity index (χ1) is 10.8. The van der Waals surface area contributed by atoms with Crippen LogP contribution in [-0.2, 0) is 6.42 Å². The van der Waals surface area contributed by atoms with Crippen molar-refractivity contribution in [2.75, 3.05) is 0 Å². The topological polar surface area (TPSA) is 39.2 Å². The Bertz CT molecular complexity index is 776. The standard InChI is InChI=1S/C20H19NO/c21-17-12-15-5-1-2-8-18(15)19(13-17)14-6-3-7-16(11-14)20-9-4-10-22-20/h1-11,17,19H,12-13,21H2/t17-,19-/m0/s1. The van der Waals surface area contributed by atoms with E-state index in [0.29, 0.717) is 5.92 Å². The molecule has 0 spiro atoms. The molecule has 1 aliphatic rings. The van der Waals surface area contributed by atoms with Crippen molar-refractivity contribution in [1.29, 1.82) is 0 Å². The van der Waals surface area contributed by atoms with E-state index >= 15 is 0 Å². The summed E-state index contributed by atoms with van der Waals surface area (Å²) in [5, 5.41) is 0. The Kier molecular flexibility index (Phi) is 3.32. The van der Waals surface area contributed by atoms with Crippen LogP contribution in [0, 0.1) is 0 Å². The summed E-state index contributed by atoms with van der Waals surface area (Å²) >= 11 is 0. The minimum atomic E-state index is 0.229. The van der Waals surface area contributed by atoms with Gasteiger partial charge >= 0.3 is 0 Å². The minimum absolute atomic E-state index is 0.229. The van der Waals surface area contributed by atoms with Crippen LogP contribution in [-0.4, -0.2) is 6.04 Å². The molecule has 22 heavy (non-hydrogen) atoms. The lowest BCUT2D eigenvalue weighted by Crippen LogP contribution is -2.30. The Morgan fingerprint density at radius 3 is 2.73 bits per heavy atom. The second-order valence-corrected chi connectivity index (χ2v) is 6.05. The van der Waals surface area contributed by atoms with E-state index in [4.69, 9.17) is 10.2 Å². The number of hydrogen-bond acceptors (Lipinski definition) is 2. The van der Waals surface area contributed by atoms with Gasteiger partial charge in [-0.15, -0.1) is 0 Å². The number of nitrogens with two attached hydrogens (primary N) is 1. The van der Waals surface area contributed by atoms with E-state index in [1.54, 1.807) is 6.26 Å². The minimum Gasteiger partial charge on any atom is -0.464 e. The summed E-state index contributed by atoms with van der Waals surface area (Å²) in [6.45, 7) is 0. The van der Waals surface area contributed by atoms with Gasteiger partial charge in [0.1, 0.15) is 5.76 Å². The highest BCUT2D eigenvalue weighted by Gasteiger charge is 2.26. The van der Waals surface area contributed by atoms with Crippen LogP contribution < -0.4 is 5.73 Å². The normalized spacial score (nSPS) is 20.6. The van der Waals surface area contributed by atoms with Crippen molar-refractivity contribution in [3.05, 3.63) is 83.6 Å². The van der Waals surface area contributed by atoms with E-state index in [2.05, 4.69) is 48.5 Å². The molecular weight excluding hydrogens is 270 g/mol. The highest BCUT2D eigenvalue weighted by atomic mass is 16.3. The average Bonchev–Trinajstić information content (AvgIpc) is 3.09. The number of fused-ring (bicyclic) bond motifs is 1. The second-order valence-electron chi connectivity index (χ2n) is 6.05. The molecule has 0 amide bonds. The van der Waals surface area contributed by atoms with Crippen LogP contribution in [0.25, 0.3) is 11.3 Å². The van der Waals surface area contributed by atoms with E-state index in [1.165, 1.54) is 16.7 Å². The third-order valence-electron chi connectivity index (χ3n) is 4.55. The van der Waals surface area contributed by atoms with Crippen molar-refractivity contribution in [3.8, 4) is 11.3 Å². The highest BCUT2D eigenvalue weighted by molar-refractivity contribution is 5.59. The van der Waals surface area contributed by atoms with Gasteiger partial charge in [-0.2, -0.15) is 0 Å². The molecule has 1 heterocycles. The lowest BCUT2D eigenvalue weighted by atomic mass is 9.77. The molecule has 3 aromatic rings. The molecule has 0 bridgehead atoms. The molecule has 2 nitrogen and oxygen atoms in total. The zero-order chi connectivity index (χ0) is 14.9. The Labute approximate surface area is 130 Å². The van der Waals surface area contributed by atoms with E-state index in [1.807, 2.05) is 12.1 Å². The molecule has 2 heteroatoms. The second kappa shape index (κ2) is 5.47. The van der Waals surface area contributed by atoms with Crippen LogP contribution in [0.2, 0.25) is 0 Å². The van der Waals surface area contributed by atoms with Crippen LogP contribution in [0.5, 0.6) is 0 Å². The van der Waals surface area contributed by atoms with Gasteiger partial charge in [-0.25, -0.2) is 0 Å². The van der Waals surface area contributed by atoms with Crippen molar-refractivity contribution >= 4 is 0 Å². The monoisotopic (exact) mass is 289 g/mol. The predicted molar refractivity (Wildman–Crippen MR) is 88.7 cm³/mol. The maximum Gasteiger partial charge on any atom is 0.133 e. The van der Waals surface area contributed by atoms with Crippen molar-refractivity contribution < 1.29 is 4.42 Å². The molecule has 0 saturated carbocycles. The molecule has 1 aliphatic carbocycles. The summed E-state index contributed by atoms with van der Waals surface area (Å²) in [4.78, 5) is 0. The van der Waals surface area contributed by atoms with Crippen LogP contribution >= 0.6 is 0 Å². The Balaban J connectivity index is 1.78. The zero-order valence-corrected chi connectivity index (χ0v) is 12.4. The summed E-state index contributed by atoms with van der Waals surface area (Å²) in [6, 6.07) is 21.5. The van der Waals surface area contributed by atoms with Gasteiger partial charge in [0.05, 0.1) is 6.26 Å². The third-order valence-corrected chi connectivity index (χ3v) is 4.55. The zero-order valence-electron chi connectivity index (χ0n) is 12.4. The van der Waals surface area contributed by atoms with E-state index < -0.39 is 0 Å². The molecule has 2 N–H and O–H groups in total. The number of hydrogen-bond donors (Lipinski definition) is 1. The number of benzene rings is 2. The van der Waals surface area contributed by atoms with Gasteiger partial charge in [-0.3, -0.25) is 0 Å². The van der Waals surface area contributed by atoms with E-state index in [-0.39, 0.29) is 6.04 Å². The fraction of sp³-hybridized carbons (Fsp3) is 0.200. The summed E-state index contributed by atoms with van der Waals surface area (Å²) in [7, 11) is 0. The quantitative estimate of drug-likeness (QED) is 0.761. The maximum absolute atomic E-state index is 6.29. The maximum atomic E-state index is 6.29. The summed E-state index contributed by atoms with van der Waals surface area (Å²) in [5.74, 6) is 1.28. The molecular formula is C20H19NO. The smallest absolute Gasteiger partial charge is 0.133 e. The molecule has 1 aromatic heterocycles. The Hall–Kier alpha value is -2.32. The first-order valence-corrected chi connectivity index (χ1v) is 7.78. The molecule has 0 unspecified atom stereocenters. The van der Waals surface area contributed by atoms with Gasteiger partial charge in [-0.05, 0) is 47.7 Å². The molecule has 0 radical (unpaired) electrons. The number of furan rings is 1. The lowest BCUT2D eigenvalue weighted by molar-refractivity contribution is 0.531. The highest BCUT2D eigenvalue weighted by Crippen LogP contribution is 2.37. The van der Waals surface area contributed by atoms with Crippen molar-refractivity contribution in [2.24, 2.45) is 5.73 Å². The molecule has 0 saturated heterocycles. The van der Waals surface area contributed by atoms with Gasteiger partial charge in [-0.1, -0.05) is 42.5 Å². The fourth-order valence-electron chi connectivity index (χ4n) is 3.52. The molecule has 110 valence electrons. The van der Waals surface area contributed by atoms with Crippen molar-refractivity contribution in [2.45, 2.75) is 24.8 Å². The average molecular weight is 289 g/mol. The summed E-state index contributed by atoms with van der Waals surface area (Å²) < 4.78 is 5.53. The Morgan fingerprint density at radius 1 is 0.955 bits per heavy atom. The van der Waals surface area contributed by atoms with Crippen LogP contribution in [0.1, 0.15) is 29.0 Å². The van der Waals surface area contributed by atoms with E-state index in [0.717, 1.165) is 24.2 Å². The van der Waals surface area contributed by atoms with Gasteiger partial charge < -0.3 is 10.2 Å². The van der Waals surface area contributed by atoms with Gasteiger partial charge in [0.15, 0.2) is 0 Å². The first-order valence-electron chi connectivity index (χ1n) is 7.78. The van der Waals surface area contributed by atoms with Crippen LogP contribution in [0.3, 0.4) is 0 Å². The van der Waals surface area contributed by atoms with E-state index in [9.17, 15) is 0 Å². The fourth-order valence-corrected chi connectivity index (χ4v) is 3.52. The third kappa shape index (κ3) is 2.36. The number of rotatable bonds is 2. The molecule has 0 aliphatic heterocycles. The molecule has 4 rings (SSSR count). The van der Waals surface area contributed by atoms with Gasteiger partial charge in [0.25, 0.3) is 0 Å².